The van der Waals surface area contributed by atoms with E-state index in [1.807, 2.05) is 0 Å². The summed E-state index contributed by atoms with van der Waals surface area (Å²) in [6.45, 7) is 2.74. The zero-order chi connectivity index (χ0) is 23.1. The summed E-state index contributed by atoms with van der Waals surface area (Å²) in [6.07, 6.45) is -3.59. The van der Waals surface area contributed by atoms with Crippen molar-refractivity contribution in [3.05, 3.63) is 0 Å². The van der Waals surface area contributed by atoms with E-state index in [0.717, 1.165) is 0 Å². The summed E-state index contributed by atoms with van der Waals surface area (Å²) in [4.78, 5) is 38.0. The number of esters is 2. The maximum Gasteiger partial charge on any atom is 0.366 e. The minimum absolute atomic E-state index is 0.141. The van der Waals surface area contributed by atoms with Gasteiger partial charge in [0.25, 0.3) is 5.79 Å². The van der Waals surface area contributed by atoms with Crippen molar-refractivity contribution >= 4 is 17.8 Å². The van der Waals surface area contributed by atoms with E-state index in [1.54, 1.807) is 7.05 Å². The Morgan fingerprint density at radius 2 is 1.73 bits per heavy atom. The van der Waals surface area contributed by atoms with Gasteiger partial charge in [-0.2, -0.15) is 0 Å². The standard InChI is InChI=1S/C19H33NO10/c1-11(21)20(3)15-13(29-12(2)22)9-19(28-8,18(23)27-7)30-17(15)16(26-6)14(25-5)10-24-4/h13-17H,9-10H2,1-8H3/t13-,14-,15+,16-,17+,19?/m0/s1. The van der Waals surface area contributed by atoms with Crippen LogP contribution in [0.5, 0.6) is 0 Å². The molecule has 0 bridgehead atoms. The monoisotopic (exact) mass is 435 g/mol. The van der Waals surface area contributed by atoms with Gasteiger partial charge in [0, 0.05) is 49.3 Å². The Labute approximate surface area is 176 Å². The molecule has 0 radical (unpaired) electrons. The van der Waals surface area contributed by atoms with Crippen LogP contribution in [-0.2, 0) is 47.5 Å². The van der Waals surface area contributed by atoms with Gasteiger partial charge in [0.05, 0.1) is 26.2 Å². The SMILES string of the molecule is COC[C@H](OC)[C@H](OC)[C@@H]1OC(OC)(C(=O)OC)C[C@H](OC(C)=O)[C@H]1N(C)C(C)=O. The highest BCUT2D eigenvalue weighted by Crippen LogP contribution is 2.38. The highest BCUT2D eigenvalue weighted by molar-refractivity contribution is 5.78. The Morgan fingerprint density at radius 1 is 1.10 bits per heavy atom. The van der Waals surface area contributed by atoms with Crippen molar-refractivity contribution in [1.82, 2.24) is 4.90 Å². The predicted molar refractivity (Wildman–Crippen MR) is 103 cm³/mol. The van der Waals surface area contributed by atoms with Crippen molar-refractivity contribution in [1.29, 1.82) is 0 Å². The summed E-state index contributed by atoms with van der Waals surface area (Å²) in [5, 5.41) is 0. The Bertz CT molecular complexity index is 600. The molecule has 6 atom stereocenters. The van der Waals surface area contributed by atoms with E-state index in [2.05, 4.69) is 0 Å². The molecule has 1 rings (SSSR count). The fourth-order valence-corrected chi connectivity index (χ4v) is 3.66. The van der Waals surface area contributed by atoms with Gasteiger partial charge in [-0.05, 0) is 0 Å². The van der Waals surface area contributed by atoms with Crippen LogP contribution in [0, 0.1) is 0 Å². The average Bonchev–Trinajstić information content (AvgIpc) is 2.71. The number of amides is 1. The Balaban J connectivity index is 3.59. The van der Waals surface area contributed by atoms with Crippen molar-refractivity contribution in [3.63, 3.8) is 0 Å². The van der Waals surface area contributed by atoms with Crippen LogP contribution in [0.1, 0.15) is 20.3 Å². The molecule has 0 aliphatic carbocycles. The lowest BCUT2D eigenvalue weighted by atomic mass is 9.87. The van der Waals surface area contributed by atoms with Crippen molar-refractivity contribution in [3.8, 4) is 0 Å². The normalized spacial score (nSPS) is 28.3. The lowest BCUT2D eigenvalue weighted by Gasteiger charge is -2.50. The van der Waals surface area contributed by atoms with Crippen LogP contribution in [0.15, 0.2) is 0 Å². The number of hydrogen-bond acceptors (Lipinski definition) is 10. The lowest BCUT2D eigenvalue weighted by molar-refractivity contribution is -0.315. The lowest BCUT2D eigenvalue weighted by Crippen LogP contribution is -2.68. The molecule has 0 N–H and O–H groups in total. The first-order chi connectivity index (χ1) is 14.1. The molecule has 1 amide bonds. The molecule has 0 spiro atoms. The van der Waals surface area contributed by atoms with E-state index >= 15 is 0 Å². The van der Waals surface area contributed by atoms with Crippen LogP contribution >= 0.6 is 0 Å². The summed E-state index contributed by atoms with van der Waals surface area (Å²) in [5.74, 6) is -3.59. The zero-order valence-electron chi connectivity index (χ0n) is 18.8. The molecular weight excluding hydrogens is 402 g/mol. The molecular formula is C19H33NO10. The second kappa shape index (κ2) is 11.6. The Morgan fingerprint density at radius 3 is 2.13 bits per heavy atom. The number of carbonyl (C=O) groups is 3. The second-order valence-electron chi connectivity index (χ2n) is 6.93. The molecule has 0 aromatic rings. The van der Waals surface area contributed by atoms with E-state index in [9.17, 15) is 14.4 Å². The van der Waals surface area contributed by atoms with Crippen LogP contribution < -0.4 is 0 Å². The maximum absolute atomic E-state index is 12.6. The Kier molecular flexibility index (Phi) is 10.1. The molecule has 1 aliphatic heterocycles. The summed E-state index contributed by atoms with van der Waals surface area (Å²) < 4.78 is 38.2. The van der Waals surface area contributed by atoms with Crippen molar-refractivity contribution < 1.29 is 47.5 Å². The van der Waals surface area contributed by atoms with Gasteiger partial charge in [-0.15, -0.1) is 0 Å². The Hall–Kier alpha value is -1.79. The number of methoxy groups -OCH3 is 5. The van der Waals surface area contributed by atoms with Gasteiger partial charge in [-0.3, -0.25) is 9.59 Å². The number of hydrogen-bond donors (Lipinski definition) is 0. The largest absolute Gasteiger partial charge is 0.465 e. The van der Waals surface area contributed by atoms with E-state index in [0.29, 0.717) is 0 Å². The zero-order valence-corrected chi connectivity index (χ0v) is 18.8. The van der Waals surface area contributed by atoms with Gasteiger partial charge in [-0.1, -0.05) is 0 Å². The first kappa shape index (κ1) is 26.2. The summed E-state index contributed by atoms with van der Waals surface area (Å²) >= 11 is 0. The molecule has 1 saturated heterocycles. The molecule has 1 heterocycles. The third-order valence-electron chi connectivity index (χ3n) is 5.20. The number of likely N-dealkylation sites (N-methyl/N-ethyl adjacent to an activating group) is 1. The first-order valence-electron chi connectivity index (χ1n) is 9.38. The van der Waals surface area contributed by atoms with Gasteiger partial charge in [0.1, 0.15) is 24.4 Å². The predicted octanol–water partition coefficient (Wildman–Crippen LogP) is -0.254. The summed E-state index contributed by atoms with van der Waals surface area (Å²) in [6, 6.07) is -0.807. The molecule has 0 aromatic heterocycles. The van der Waals surface area contributed by atoms with E-state index in [1.165, 1.54) is 54.3 Å². The third kappa shape index (κ3) is 5.67. The molecule has 1 aliphatic rings. The van der Waals surface area contributed by atoms with Crippen LogP contribution in [0.3, 0.4) is 0 Å². The topological polar surface area (TPSA) is 119 Å². The molecule has 1 unspecified atom stereocenters. The smallest absolute Gasteiger partial charge is 0.366 e. The van der Waals surface area contributed by atoms with E-state index in [-0.39, 0.29) is 18.9 Å². The van der Waals surface area contributed by atoms with Gasteiger partial charge in [-0.25, -0.2) is 4.79 Å². The van der Waals surface area contributed by atoms with Crippen LogP contribution in [0.2, 0.25) is 0 Å². The number of carbonyl (C=O) groups excluding carboxylic acids is 3. The minimum Gasteiger partial charge on any atom is -0.465 e. The van der Waals surface area contributed by atoms with E-state index in [4.69, 9.17) is 33.2 Å². The fraction of sp³-hybridized carbons (Fsp3) is 0.842. The second-order valence-corrected chi connectivity index (χ2v) is 6.93. The number of ether oxygens (including phenoxy) is 7. The van der Waals surface area contributed by atoms with Crippen molar-refractivity contribution in [2.75, 3.05) is 49.2 Å². The molecule has 30 heavy (non-hydrogen) atoms. The summed E-state index contributed by atoms with van der Waals surface area (Å²) in [5.41, 5.74) is 0. The van der Waals surface area contributed by atoms with Crippen LogP contribution in [0.25, 0.3) is 0 Å². The van der Waals surface area contributed by atoms with Gasteiger partial charge in [0.2, 0.25) is 5.91 Å². The summed E-state index contributed by atoms with van der Waals surface area (Å²) in [7, 11) is 8.40. The highest BCUT2D eigenvalue weighted by atomic mass is 16.7. The number of nitrogens with zero attached hydrogens (tertiary/aromatic N) is 1. The quantitative estimate of drug-likeness (QED) is 0.425. The highest BCUT2D eigenvalue weighted by Gasteiger charge is 2.58. The van der Waals surface area contributed by atoms with Crippen LogP contribution in [0.4, 0.5) is 0 Å². The molecule has 174 valence electrons. The van der Waals surface area contributed by atoms with Crippen molar-refractivity contribution in [2.45, 2.75) is 56.5 Å². The minimum atomic E-state index is -1.88. The van der Waals surface area contributed by atoms with Gasteiger partial charge >= 0.3 is 11.9 Å². The third-order valence-corrected chi connectivity index (χ3v) is 5.20. The average molecular weight is 435 g/mol. The first-order valence-corrected chi connectivity index (χ1v) is 9.38. The van der Waals surface area contributed by atoms with Gasteiger partial charge < -0.3 is 38.1 Å². The fourth-order valence-electron chi connectivity index (χ4n) is 3.66. The maximum atomic E-state index is 12.6. The van der Waals surface area contributed by atoms with Gasteiger partial charge in [0.15, 0.2) is 0 Å². The molecule has 11 nitrogen and oxygen atoms in total. The molecule has 11 heteroatoms. The van der Waals surface area contributed by atoms with Crippen molar-refractivity contribution in [2.24, 2.45) is 0 Å². The van der Waals surface area contributed by atoms with E-state index < -0.39 is 48.2 Å². The molecule has 1 fully saturated rings. The molecule has 0 aromatic carbocycles. The van der Waals surface area contributed by atoms with Crippen LogP contribution in [-0.4, -0.2) is 108 Å². The molecule has 0 saturated carbocycles. The number of rotatable bonds is 10.